The molecule has 0 saturated heterocycles. The van der Waals surface area contributed by atoms with Gasteiger partial charge in [0.15, 0.2) is 0 Å². The van der Waals surface area contributed by atoms with Crippen molar-refractivity contribution in [2.45, 2.75) is 25.9 Å². The normalized spacial score (nSPS) is 16.4. The molecule has 0 saturated carbocycles. The highest BCUT2D eigenvalue weighted by Gasteiger charge is 2.30. The lowest BCUT2D eigenvalue weighted by atomic mass is 9.96. The van der Waals surface area contributed by atoms with Gasteiger partial charge in [0.05, 0.1) is 5.71 Å². The van der Waals surface area contributed by atoms with Gasteiger partial charge in [-0.1, -0.05) is 23.7 Å². The zero-order valence-electron chi connectivity index (χ0n) is 12.1. The lowest BCUT2D eigenvalue weighted by molar-refractivity contribution is 0.138. The van der Waals surface area contributed by atoms with Crippen molar-refractivity contribution >= 4 is 17.3 Å². The SMILES string of the molecule is CC1(C)Cc2cc(/C(=N/N)c3ccc(Cl)cc3)ccc2O1. The lowest BCUT2D eigenvalue weighted by Crippen LogP contribution is -2.24. The van der Waals surface area contributed by atoms with Crippen LogP contribution in [0.1, 0.15) is 30.5 Å². The molecule has 0 fully saturated rings. The first kappa shape index (κ1) is 14.0. The van der Waals surface area contributed by atoms with Crippen LogP contribution in [0.5, 0.6) is 5.75 Å². The van der Waals surface area contributed by atoms with Crippen LogP contribution in [0.15, 0.2) is 47.6 Å². The third kappa shape index (κ3) is 2.74. The summed E-state index contributed by atoms with van der Waals surface area (Å²) in [5.74, 6) is 6.54. The van der Waals surface area contributed by atoms with E-state index in [2.05, 4.69) is 25.0 Å². The molecule has 1 aliphatic heterocycles. The second-order valence-corrected chi connectivity index (χ2v) is 6.28. The number of benzene rings is 2. The maximum absolute atomic E-state index is 5.93. The highest BCUT2D eigenvalue weighted by molar-refractivity contribution is 6.30. The van der Waals surface area contributed by atoms with Crippen molar-refractivity contribution in [3.8, 4) is 5.75 Å². The van der Waals surface area contributed by atoms with Crippen LogP contribution in [-0.4, -0.2) is 11.3 Å². The van der Waals surface area contributed by atoms with Crippen LogP contribution in [0.3, 0.4) is 0 Å². The molecule has 0 spiro atoms. The minimum atomic E-state index is -0.152. The molecule has 0 radical (unpaired) electrons. The van der Waals surface area contributed by atoms with E-state index in [9.17, 15) is 0 Å². The van der Waals surface area contributed by atoms with Gasteiger partial charge in [0.1, 0.15) is 11.4 Å². The number of ether oxygens (including phenoxy) is 1. The van der Waals surface area contributed by atoms with Gasteiger partial charge in [-0.2, -0.15) is 5.10 Å². The van der Waals surface area contributed by atoms with Crippen LogP contribution in [0.4, 0.5) is 0 Å². The molecule has 0 bridgehead atoms. The minimum Gasteiger partial charge on any atom is -0.487 e. The third-order valence-corrected chi connectivity index (χ3v) is 3.84. The van der Waals surface area contributed by atoms with Crippen LogP contribution in [0, 0.1) is 0 Å². The van der Waals surface area contributed by atoms with E-state index in [0.29, 0.717) is 5.02 Å². The second kappa shape index (κ2) is 5.08. The van der Waals surface area contributed by atoms with Crippen molar-refractivity contribution in [1.29, 1.82) is 0 Å². The molecule has 4 heteroatoms. The number of nitrogens with zero attached hydrogens (tertiary/aromatic N) is 1. The maximum Gasteiger partial charge on any atom is 0.123 e. The fraction of sp³-hybridized carbons (Fsp3) is 0.235. The average Bonchev–Trinajstić information content (AvgIpc) is 2.75. The number of hydrogen-bond acceptors (Lipinski definition) is 3. The second-order valence-electron chi connectivity index (χ2n) is 5.85. The molecular weight excluding hydrogens is 284 g/mol. The van der Waals surface area contributed by atoms with Crippen molar-refractivity contribution in [2.24, 2.45) is 10.9 Å². The summed E-state index contributed by atoms with van der Waals surface area (Å²) in [6.07, 6.45) is 0.884. The van der Waals surface area contributed by atoms with E-state index in [0.717, 1.165) is 29.0 Å². The summed E-state index contributed by atoms with van der Waals surface area (Å²) in [6, 6.07) is 13.6. The number of rotatable bonds is 2. The molecule has 2 aromatic rings. The Bertz CT molecular complexity index is 705. The molecule has 108 valence electrons. The summed E-state index contributed by atoms with van der Waals surface area (Å²) < 4.78 is 5.90. The Kier molecular flexibility index (Phi) is 3.38. The highest BCUT2D eigenvalue weighted by Crippen LogP contribution is 2.35. The summed E-state index contributed by atoms with van der Waals surface area (Å²) in [6.45, 7) is 4.17. The number of hydrazone groups is 1. The molecule has 1 heterocycles. The summed E-state index contributed by atoms with van der Waals surface area (Å²) in [7, 11) is 0. The summed E-state index contributed by atoms with van der Waals surface area (Å²) in [5, 5.41) is 4.65. The molecule has 0 atom stereocenters. The molecule has 3 rings (SSSR count). The molecule has 3 nitrogen and oxygen atoms in total. The van der Waals surface area contributed by atoms with Gasteiger partial charge in [0.2, 0.25) is 0 Å². The lowest BCUT2D eigenvalue weighted by Gasteiger charge is -2.16. The van der Waals surface area contributed by atoms with Crippen LogP contribution in [-0.2, 0) is 6.42 Å². The average molecular weight is 301 g/mol. The van der Waals surface area contributed by atoms with Gasteiger partial charge in [-0.3, -0.25) is 0 Å². The predicted molar refractivity (Wildman–Crippen MR) is 86.1 cm³/mol. The van der Waals surface area contributed by atoms with E-state index in [4.69, 9.17) is 22.2 Å². The first-order valence-corrected chi connectivity index (χ1v) is 7.22. The Morgan fingerprint density at radius 2 is 1.81 bits per heavy atom. The fourth-order valence-corrected chi connectivity index (χ4v) is 2.81. The van der Waals surface area contributed by atoms with Gasteiger partial charge in [-0.05, 0) is 49.7 Å². The molecule has 0 unspecified atom stereocenters. The predicted octanol–water partition coefficient (Wildman–Crippen LogP) is 3.76. The Morgan fingerprint density at radius 3 is 2.48 bits per heavy atom. The molecule has 1 aliphatic rings. The Balaban J connectivity index is 1.99. The van der Waals surface area contributed by atoms with Crippen LogP contribution >= 0.6 is 11.6 Å². The zero-order chi connectivity index (χ0) is 15.0. The van der Waals surface area contributed by atoms with Crippen molar-refractivity contribution < 1.29 is 4.74 Å². The molecule has 2 N–H and O–H groups in total. The van der Waals surface area contributed by atoms with E-state index in [1.54, 1.807) is 0 Å². The number of fused-ring (bicyclic) bond motifs is 1. The maximum atomic E-state index is 5.93. The number of nitrogens with two attached hydrogens (primary N) is 1. The number of halogens is 1. The van der Waals surface area contributed by atoms with Crippen molar-refractivity contribution in [1.82, 2.24) is 0 Å². The van der Waals surface area contributed by atoms with E-state index < -0.39 is 0 Å². The highest BCUT2D eigenvalue weighted by atomic mass is 35.5. The van der Waals surface area contributed by atoms with E-state index >= 15 is 0 Å². The standard InChI is InChI=1S/C17H17ClN2O/c1-17(2)10-13-9-12(5-8-15(13)21-17)16(20-19)11-3-6-14(18)7-4-11/h3-9H,10,19H2,1-2H3/b20-16+. The van der Waals surface area contributed by atoms with Crippen molar-refractivity contribution in [2.75, 3.05) is 0 Å². The van der Waals surface area contributed by atoms with Gasteiger partial charge >= 0.3 is 0 Å². The first-order valence-electron chi connectivity index (χ1n) is 6.85. The Labute approximate surface area is 129 Å². The molecule has 0 aliphatic carbocycles. The van der Waals surface area contributed by atoms with Gasteiger partial charge < -0.3 is 10.6 Å². The largest absolute Gasteiger partial charge is 0.487 e. The molecule has 0 aromatic heterocycles. The van der Waals surface area contributed by atoms with E-state index in [1.807, 2.05) is 36.4 Å². The molecule has 2 aromatic carbocycles. The molecule has 0 amide bonds. The van der Waals surface area contributed by atoms with E-state index in [1.165, 1.54) is 5.56 Å². The first-order chi connectivity index (χ1) is 9.98. The van der Waals surface area contributed by atoms with Crippen molar-refractivity contribution in [3.05, 3.63) is 64.2 Å². The quantitative estimate of drug-likeness (QED) is 0.521. The summed E-state index contributed by atoms with van der Waals surface area (Å²) >= 11 is 5.93. The van der Waals surface area contributed by atoms with Gasteiger partial charge in [0, 0.05) is 22.6 Å². The summed E-state index contributed by atoms with van der Waals surface area (Å²) in [5.41, 5.74) is 3.72. The van der Waals surface area contributed by atoms with Crippen molar-refractivity contribution in [3.63, 3.8) is 0 Å². The van der Waals surface area contributed by atoms with Gasteiger partial charge in [-0.15, -0.1) is 0 Å². The smallest absolute Gasteiger partial charge is 0.123 e. The number of hydrogen-bond donors (Lipinski definition) is 1. The minimum absolute atomic E-state index is 0.152. The van der Waals surface area contributed by atoms with Crippen LogP contribution < -0.4 is 10.6 Å². The topological polar surface area (TPSA) is 47.6 Å². The van der Waals surface area contributed by atoms with Gasteiger partial charge in [0.25, 0.3) is 0 Å². The fourth-order valence-electron chi connectivity index (χ4n) is 2.68. The van der Waals surface area contributed by atoms with E-state index in [-0.39, 0.29) is 5.60 Å². The molecular formula is C17H17ClN2O. The van der Waals surface area contributed by atoms with Crippen LogP contribution in [0.25, 0.3) is 0 Å². The Morgan fingerprint density at radius 1 is 1.14 bits per heavy atom. The third-order valence-electron chi connectivity index (χ3n) is 3.58. The Hall–Kier alpha value is -2.00. The van der Waals surface area contributed by atoms with Gasteiger partial charge in [-0.25, -0.2) is 0 Å². The molecule has 21 heavy (non-hydrogen) atoms. The monoisotopic (exact) mass is 300 g/mol. The summed E-state index contributed by atoms with van der Waals surface area (Å²) in [4.78, 5) is 0. The zero-order valence-corrected chi connectivity index (χ0v) is 12.8. The van der Waals surface area contributed by atoms with Crippen LogP contribution in [0.2, 0.25) is 5.02 Å².